The van der Waals surface area contributed by atoms with Crippen LogP contribution in [0.4, 0.5) is 15.8 Å². The largest absolute Gasteiger partial charge is 0.380 e. The van der Waals surface area contributed by atoms with E-state index in [9.17, 15) is 13.5 Å². The van der Waals surface area contributed by atoms with Gasteiger partial charge >= 0.3 is 0 Å². The average molecular weight is 543 g/mol. The van der Waals surface area contributed by atoms with E-state index in [1.165, 1.54) is 12.1 Å². The van der Waals surface area contributed by atoms with Crippen LogP contribution in [-0.2, 0) is 13.1 Å². The van der Waals surface area contributed by atoms with E-state index >= 15 is 0 Å². The molecule has 5 rings (SSSR count). The highest BCUT2D eigenvalue weighted by Gasteiger charge is 2.25. The monoisotopic (exact) mass is 542 g/mol. The van der Waals surface area contributed by atoms with E-state index in [4.69, 9.17) is 11.6 Å². The lowest BCUT2D eigenvalue weighted by atomic mass is 10.1. The molecule has 9 heteroatoms. The van der Waals surface area contributed by atoms with Gasteiger partial charge < -0.3 is 5.32 Å². The third-order valence-electron chi connectivity index (χ3n) is 6.91. The zero-order valence-electron chi connectivity index (χ0n) is 20.7. The number of nitrogens with zero attached hydrogens (tertiary/aromatic N) is 2. The van der Waals surface area contributed by atoms with E-state index in [0.717, 1.165) is 48.6 Å². The van der Waals surface area contributed by atoms with Gasteiger partial charge in [0.15, 0.2) is 0 Å². The van der Waals surface area contributed by atoms with Crippen LogP contribution in [0, 0.1) is 5.82 Å². The topological polar surface area (TPSA) is 71.0 Å². The van der Waals surface area contributed by atoms with Crippen molar-refractivity contribution in [2.45, 2.75) is 31.0 Å². The Labute approximate surface area is 224 Å². The number of fused-ring (bicyclic) bond motifs is 1. The highest BCUT2D eigenvalue weighted by molar-refractivity contribution is 8.25. The molecule has 37 heavy (non-hydrogen) atoms. The molecule has 4 N–H and O–H groups in total. The first-order valence-electron chi connectivity index (χ1n) is 12.4. The molecule has 196 valence electrons. The van der Waals surface area contributed by atoms with Gasteiger partial charge in [-0.05, 0) is 53.9 Å². The van der Waals surface area contributed by atoms with E-state index in [0.29, 0.717) is 34.7 Å². The second-order valence-corrected chi connectivity index (χ2v) is 11.8. The third kappa shape index (κ3) is 6.12. The van der Waals surface area contributed by atoms with Crippen molar-refractivity contribution in [3.8, 4) is 0 Å². The van der Waals surface area contributed by atoms with Crippen molar-refractivity contribution in [3.05, 3.63) is 94.3 Å². The number of piperazine rings is 1. The van der Waals surface area contributed by atoms with Gasteiger partial charge in [0, 0.05) is 50.3 Å². The van der Waals surface area contributed by atoms with E-state index in [2.05, 4.69) is 26.8 Å². The maximum absolute atomic E-state index is 13.2. The Morgan fingerprint density at radius 3 is 2.65 bits per heavy atom. The van der Waals surface area contributed by atoms with E-state index in [1.54, 1.807) is 12.1 Å². The lowest BCUT2D eigenvalue weighted by Gasteiger charge is -2.40. The molecule has 3 aromatic rings. The van der Waals surface area contributed by atoms with Crippen LogP contribution in [0.2, 0.25) is 5.02 Å². The van der Waals surface area contributed by atoms with Crippen LogP contribution in [0.3, 0.4) is 0 Å². The summed E-state index contributed by atoms with van der Waals surface area (Å²) in [6.45, 7) is 7.11. The minimum Gasteiger partial charge on any atom is -0.380 e. The molecular formula is C28H32ClFN4O2S. The second-order valence-electron chi connectivity index (χ2n) is 9.64. The maximum atomic E-state index is 13.2. The van der Waals surface area contributed by atoms with Gasteiger partial charge in [0.1, 0.15) is 10.7 Å². The van der Waals surface area contributed by atoms with Gasteiger partial charge in [-0.25, -0.2) is 4.39 Å². The van der Waals surface area contributed by atoms with Gasteiger partial charge in [-0.3, -0.25) is 23.6 Å². The predicted molar refractivity (Wildman–Crippen MR) is 152 cm³/mol. The molecule has 0 aliphatic carbocycles. The minimum absolute atomic E-state index is 0.210. The highest BCUT2D eigenvalue weighted by Crippen LogP contribution is 2.52. The van der Waals surface area contributed by atoms with Crippen molar-refractivity contribution in [3.63, 3.8) is 0 Å². The molecule has 1 unspecified atom stereocenters. The number of anilines is 2. The Morgan fingerprint density at radius 2 is 1.89 bits per heavy atom. The standard InChI is InChI=1S/C28H32ClFN4O2S/c1-20-17-33(18-21-7-10-24(30)11-8-21)14-15-34(20)19-23-9-12-25(16-26(23)29)32-37(35,36)27-6-2-4-22-5-3-13-31-28(22)27/h2-12,16,20,31-32,35-36H,13-15,17-19H2,1H3. The van der Waals surface area contributed by atoms with Crippen LogP contribution >= 0.6 is 22.4 Å². The van der Waals surface area contributed by atoms with Crippen LogP contribution in [0.25, 0.3) is 6.08 Å². The van der Waals surface area contributed by atoms with Crippen LogP contribution in [-0.4, -0.2) is 51.1 Å². The predicted octanol–water partition coefficient (Wildman–Crippen LogP) is 6.76. The first-order chi connectivity index (χ1) is 17.8. The van der Waals surface area contributed by atoms with E-state index < -0.39 is 10.8 Å². The minimum atomic E-state index is -3.30. The fraction of sp³-hybridized carbons (Fsp3) is 0.286. The molecule has 0 radical (unpaired) electrons. The summed E-state index contributed by atoms with van der Waals surface area (Å²) in [6.07, 6.45) is 3.97. The molecule has 0 aromatic heterocycles. The second kappa shape index (κ2) is 11.0. The quantitative estimate of drug-likeness (QED) is 0.264. The van der Waals surface area contributed by atoms with Crippen LogP contribution < -0.4 is 10.0 Å². The summed E-state index contributed by atoms with van der Waals surface area (Å²) >= 11 is 6.65. The van der Waals surface area contributed by atoms with Gasteiger partial charge in [0.25, 0.3) is 0 Å². The van der Waals surface area contributed by atoms with Gasteiger partial charge in [-0.2, -0.15) is 0 Å². The summed E-state index contributed by atoms with van der Waals surface area (Å²) < 4.78 is 38.1. The summed E-state index contributed by atoms with van der Waals surface area (Å²) in [5, 5.41) is 3.82. The Bertz CT molecular complexity index is 1290. The fourth-order valence-corrected chi connectivity index (χ4v) is 6.48. The third-order valence-corrected chi connectivity index (χ3v) is 8.74. The zero-order chi connectivity index (χ0) is 26.0. The van der Waals surface area contributed by atoms with Crippen molar-refractivity contribution >= 4 is 39.8 Å². The van der Waals surface area contributed by atoms with E-state index in [1.807, 2.05) is 48.6 Å². The molecule has 2 aliphatic heterocycles. The molecule has 0 saturated carbocycles. The van der Waals surface area contributed by atoms with Crippen LogP contribution in [0.5, 0.6) is 0 Å². The Morgan fingerprint density at radius 1 is 1.08 bits per heavy atom. The molecule has 1 fully saturated rings. The number of hydrogen-bond acceptors (Lipinski definition) is 6. The first-order valence-corrected chi connectivity index (χ1v) is 14.3. The number of nitrogens with one attached hydrogen (secondary N) is 2. The zero-order valence-corrected chi connectivity index (χ0v) is 22.3. The Balaban J connectivity index is 1.21. The van der Waals surface area contributed by atoms with Crippen molar-refractivity contribution in [2.75, 3.05) is 36.2 Å². The fourth-order valence-electron chi connectivity index (χ4n) is 4.93. The highest BCUT2D eigenvalue weighted by atomic mass is 35.5. The number of hydrogen-bond donors (Lipinski definition) is 4. The Hall–Kier alpha value is -2.59. The van der Waals surface area contributed by atoms with Crippen LogP contribution in [0.1, 0.15) is 23.6 Å². The molecule has 3 aromatic carbocycles. The molecule has 0 amide bonds. The number of halogens is 2. The molecular weight excluding hydrogens is 511 g/mol. The van der Waals surface area contributed by atoms with Gasteiger partial charge in [0.05, 0.1) is 11.4 Å². The van der Waals surface area contributed by atoms with Gasteiger partial charge in [-0.15, -0.1) is 0 Å². The molecule has 2 heterocycles. The molecule has 6 nitrogen and oxygen atoms in total. The lowest BCUT2D eigenvalue weighted by molar-refractivity contribution is 0.0733. The Kier molecular flexibility index (Phi) is 7.76. The van der Waals surface area contributed by atoms with Crippen molar-refractivity contribution in [1.29, 1.82) is 0 Å². The normalized spacial score (nSPS) is 18.8. The van der Waals surface area contributed by atoms with Crippen LogP contribution in [0.15, 0.2) is 71.6 Å². The summed E-state index contributed by atoms with van der Waals surface area (Å²) in [6, 6.07) is 18.1. The van der Waals surface area contributed by atoms with Crippen molar-refractivity contribution in [1.82, 2.24) is 9.80 Å². The average Bonchev–Trinajstić information content (AvgIpc) is 2.88. The maximum Gasteiger partial charge on any atom is 0.123 e. The summed E-state index contributed by atoms with van der Waals surface area (Å²) in [4.78, 5) is 5.22. The van der Waals surface area contributed by atoms with Gasteiger partial charge in [-0.1, -0.05) is 64.9 Å². The van der Waals surface area contributed by atoms with Crippen molar-refractivity contribution < 1.29 is 13.5 Å². The number of rotatable bonds is 7. The van der Waals surface area contributed by atoms with Crippen molar-refractivity contribution in [2.24, 2.45) is 0 Å². The van der Waals surface area contributed by atoms with E-state index in [-0.39, 0.29) is 5.82 Å². The molecule has 0 bridgehead atoms. The smallest absolute Gasteiger partial charge is 0.123 e. The van der Waals surface area contributed by atoms with Gasteiger partial charge in [0.2, 0.25) is 0 Å². The SMILES string of the molecule is CC1CN(Cc2ccc(F)cc2)CCN1Cc1ccc(NS(O)(O)c2cccc3c2NCC=C3)cc1Cl. The summed E-state index contributed by atoms with van der Waals surface area (Å²) in [7, 11) is -3.30. The summed E-state index contributed by atoms with van der Waals surface area (Å²) in [5.74, 6) is -0.210. The lowest BCUT2D eigenvalue weighted by Crippen LogP contribution is -2.50. The molecule has 1 atom stereocenters. The molecule has 2 aliphatic rings. The number of para-hydroxylation sites is 1. The first kappa shape index (κ1) is 26.0. The molecule has 1 saturated heterocycles. The summed E-state index contributed by atoms with van der Waals surface area (Å²) in [5.41, 5.74) is 4.31. The number of benzene rings is 3. The molecule has 0 spiro atoms.